The highest BCUT2D eigenvalue weighted by atomic mass is 79.9. The Bertz CT molecular complexity index is 693. The maximum atomic E-state index is 11.9. The number of nitrogens with zero attached hydrogens (tertiary/aromatic N) is 1. The quantitative estimate of drug-likeness (QED) is 0.798. The number of halogens is 1. The van der Waals surface area contributed by atoms with Crippen molar-refractivity contribution in [3.63, 3.8) is 0 Å². The SMILES string of the molecule is Cc1cc(Br)ccc1NC(=O)C(=O)Nc1nc(C)c(C)s1. The largest absolute Gasteiger partial charge is 0.318 e. The van der Waals surface area contributed by atoms with E-state index >= 15 is 0 Å². The average Bonchev–Trinajstić information content (AvgIpc) is 2.71. The van der Waals surface area contributed by atoms with Crippen LogP contribution in [0.15, 0.2) is 22.7 Å². The lowest BCUT2D eigenvalue weighted by molar-refractivity contribution is -0.133. The van der Waals surface area contributed by atoms with Crippen molar-refractivity contribution in [2.75, 3.05) is 10.6 Å². The highest BCUT2D eigenvalue weighted by Gasteiger charge is 2.17. The van der Waals surface area contributed by atoms with Crippen molar-refractivity contribution in [1.29, 1.82) is 0 Å². The molecule has 0 aliphatic rings. The number of benzene rings is 1. The van der Waals surface area contributed by atoms with Gasteiger partial charge in [-0.15, -0.1) is 11.3 Å². The summed E-state index contributed by atoms with van der Waals surface area (Å²) in [5, 5.41) is 5.51. The predicted molar refractivity (Wildman–Crippen MR) is 87.7 cm³/mol. The highest BCUT2D eigenvalue weighted by Crippen LogP contribution is 2.22. The van der Waals surface area contributed by atoms with Gasteiger partial charge < -0.3 is 5.32 Å². The number of carbonyl (C=O) groups excluding carboxylic acids is 2. The molecule has 0 atom stereocenters. The first-order chi connectivity index (χ1) is 9.86. The molecule has 2 aromatic rings. The zero-order valence-corrected chi connectivity index (χ0v) is 14.2. The van der Waals surface area contributed by atoms with Crippen molar-refractivity contribution in [2.24, 2.45) is 0 Å². The summed E-state index contributed by atoms with van der Waals surface area (Å²) in [6, 6.07) is 5.40. The van der Waals surface area contributed by atoms with Crippen molar-refractivity contribution in [2.45, 2.75) is 20.8 Å². The van der Waals surface area contributed by atoms with Crippen LogP contribution in [0.5, 0.6) is 0 Å². The van der Waals surface area contributed by atoms with Gasteiger partial charge in [0.25, 0.3) is 0 Å². The number of amides is 2. The zero-order chi connectivity index (χ0) is 15.6. The Morgan fingerprint density at radius 3 is 2.38 bits per heavy atom. The molecule has 1 aromatic carbocycles. The second-order valence-corrected chi connectivity index (χ2v) is 6.65. The molecule has 2 amide bonds. The minimum absolute atomic E-state index is 0.428. The number of hydrogen-bond donors (Lipinski definition) is 2. The molecule has 0 fully saturated rings. The van der Waals surface area contributed by atoms with Gasteiger partial charge in [0.2, 0.25) is 0 Å². The summed E-state index contributed by atoms with van der Waals surface area (Å²) in [4.78, 5) is 28.9. The third-order valence-electron chi connectivity index (χ3n) is 2.89. The summed E-state index contributed by atoms with van der Waals surface area (Å²) in [6.07, 6.45) is 0. The molecule has 0 saturated carbocycles. The molecule has 7 heteroatoms. The number of hydrogen-bond acceptors (Lipinski definition) is 4. The Morgan fingerprint density at radius 1 is 1.14 bits per heavy atom. The molecular formula is C14H14BrN3O2S. The fourth-order valence-electron chi connectivity index (χ4n) is 1.63. The lowest BCUT2D eigenvalue weighted by Gasteiger charge is -2.08. The van der Waals surface area contributed by atoms with E-state index in [0.717, 1.165) is 20.6 Å². The Balaban J connectivity index is 2.04. The first kappa shape index (κ1) is 15.7. The minimum Gasteiger partial charge on any atom is -0.318 e. The van der Waals surface area contributed by atoms with Crippen molar-refractivity contribution >= 4 is 49.9 Å². The Labute approximate surface area is 134 Å². The van der Waals surface area contributed by atoms with Crippen LogP contribution in [0.3, 0.4) is 0 Å². The molecule has 0 spiro atoms. The second kappa shape index (κ2) is 6.36. The van der Waals surface area contributed by atoms with Gasteiger partial charge in [0, 0.05) is 15.0 Å². The third-order valence-corrected chi connectivity index (χ3v) is 4.37. The highest BCUT2D eigenvalue weighted by molar-refractivity contribution is 9.10. The number of rotatable bonds is 2. The molecule has 0 radical (unpaired) electrons. The molecule has 5 nitrogen and oxygen atoms in total. The molecule has 0 aliphatic heterocycles. The molecule has 0 bridgehead atoms. The maximum absolute atomic E-state index is 11.9. The molecule has 0 unspecified atom stereocenters. The van der Waals surface area contributed by atoms with E-state index in [0.29, 0.717) is 10.8 Å². The van der Waals surface area contributed by atoms with Crippen LogP contribution in [0.25, 0.3) is 0 Å². The van der Waals surface area contributed by atoms with E-state index < -0.39 is 11.8 Å². The first-order valence-electron chi connectivity index (χ1n) is 6.19. The topological polar surface area (TPSA) is 71.1 Å². The predicted octanol–water partition coefficient (Wildman–Crippen LogP) is 3.41. The lowest BCUT2D eigenvalue weighted by atomic mass is 10.2. The number of thiazole rings is 1. The molecule has 2 rings (SSSR count). The number of anilines is 2. The van der Waals surface area contributed by atoms with Gasteiger partial charge >= 0.3 is 11.8 Å². The van der Waals surface area contributed by atoms with Crippen LogP contribution in [-0.4, -0.2) is 16.8 Å². The van der Waals surface area contributed by atoms with E-state index in [9.17, 15) is 9.59 Å². The van der Waals surface area contributed by atoms with Gasteiger partial charge in [-0.2, -0.15) is 0 Å². The fourth-order valence-corrected chi connectivity index (χ4v) is 2.91. The lowest BCUT2D eigenvalue weighted by Crippen LogP contribution is -2.29. The summed E-state index contributed by atoms with van der Waals surface area (Å²) in [5.41, 5.74) is 2.32. The number of nitrogens with one attached hydrogen (secondary N) is 2. The van der Waals surface area contributed by atoms with Crippen molar-refractivity contribution in [3.05, 3.63) is 38.8 Å². The summed E-state index contributed by atoms with van der Waals surface area (Å²) >= 11 is 4.69. The van der Waals surface area contributed by atoms with Crippen LogP contribution in [0.1, 0.15) is 16.1 Å². The van der Waals surface area contributed by atoms with Gasteiger partial charge in [-0.1, -0.05) is 15.9 Å². The average molecular weight is 368 g/mol. The molecule has 110 valence electrons. The number of carbonyl (C=O) groups is 2. The van der Waals surface area contributed by atoms with E-state index in [1.807, 2.05) is 26.8 Å². The Hall–Kier alpha value is -1.73. The van der Waals surface area contributed by atoms with Crippen LogP contribution >= 0.6 is 27.3 Å². The molecule has 0 aliphatic carbocycles. The molecule has 2 N–H and O–H groups in total. The summed E-state index contributed by atoms with van der Waals surface area (Å²) < 4.78 is 0.913. The van der Waals surface area contributed by atoms with Crippen LogP contribution in [-0.2, 0) is 9.59 Å². The Kier molecular flexibility index (Phi) is 4.74. The van der Waals surface area contributed by atoms with Gasteiger partial charge in [-0.05, 0) is 44.5 Å². The summed E-state index contributed by atoms with van der Waals surface area (Å²) in [7, 11) is 0. The molecule has 21 heavy (non-hydrogen) atoms. The van der Waals surface area contributed by atoms with E-state index in [2.05, 4.69) is 31.5 Å². The van der Waals surface area contributed by atoms with E-state index in [1.54, 1.807) is 12.1 Å². The van der Waals surface area contributed by atoms with Crippen LogP contribution in [0.2, 0.25) is 0 Å². The van der Waals surface area contributed by atoms with Gasteiger partial charge in [-0.3, -0.25) is 14.9 Å². The van der Waals surface area contributed by atoms with E-state index in [-0.39, 0.29) is 0 Å². The van der Waals surface area contributed by atoms with Crippen LogP contribution in [0.4, 0.5) is 10.8 Å². The van der Waals surface area contributed by atoms with Crippen LogP contribution in [0, 0.1) is 20.8 Å². The van der Waals surface area contributed by atoms with E-state index in [4.69, 9.17) is 0 Å². The van der Waals surface area contributed by atoms with Crippen molar-refractivity contribution in [3.8, 4) is 0 Å². The standard InChI is InChI=1S/C14H14BrN3O2S/c1-7-6-10(15)4-5-11(7)17-12(19)13(20)18-14-16-8(2)9(3)21-14/h4-6H,1-3H3,(H,17,19)(H,16,18,20). The van der Waals surface area contributed by atoms with Crippen LogP contribution < -0.4 is 10.6 Å². The van der Waals surface area contributed by atoms with E-state index in [1.165, 1.54) is 11.3 Å². The molecule has 0 saturated heterocycles. The smallest absolute Gasteiger partial charge is 0.315 e. The fraction of sp³-hybridized carbons (Fsp3) is 0.214. The van der Waals surface area contributed by atoms with Crippen molar-refractivity contribution < 1.29 is 9.59 Å². The normalized spacial score (nSPS) is 10.3. The maximum Gasteiger partial charge on any atom is 0.315 e. The Morgan fingerprint density at radius 2 is 1.81 bits per heavy atom. The minimum atomic E-state index is -0.730. The summed E-state index contributed by atoms with van der Waals surface area (Å²) in [5.74, 6) is -1.45. The molecular weight excluding hydrogens is 354 g/mol. The molecule has 1 aromatic heterocycles. The van der Waals surface area contributed by atoms with Gasteiger partial charge in [0.1, 0.15) is 0 Å². The van der Waals surface area contributed by atoms with Gasteiger partial charge in [0.15, 0.2) is 5.13 Å². The zero-order valence-electron chi connectivity index (χ0n) is 11.8. The number of aryl methyl sites for hydroxylation is 3. The van der Waals surface area contributed by atoms with Crippen molar-refractivity contribution in [1.82, 2.24) is 4.98 Å². The van der Waals surface area contributed by atoms with Gasteiger partial charge in [-0.25, -0.2) is 4.98 Å². The summed E-state index contributed by atoms with van der Waals surface area (Å²) in [6.45, 7) is 5.62. The number of aromatic nitrogens is 1. The third kappa shape index (κ3) is 3.89. The first-order valence-corrected chi connectivity index (χ1v) is 7.80. The van der Waals surface area contributed by atoms with Gasteiger partial charge in [0.05, 0.1) is 5.69 Å². The second-order valence-electron chi connectivity index (χ2n) is 4.53. The molecule has 1 heterocycles. The monoisotopic (exact) mass is 367 g/mol.